The van der Waals surface area contributed by atoms with Crippen molar-refractivity contribution >= 4 is 15.9 Å². The molecule has 3 unspecified atom stereocenters. The van der Waals surface area contributed by atoms with E-state index in [2.05, 4.69) is 22.9 Å². The Morgan fingerprint density at radius 3 is 2.00 bits per heavy atom. The number of hydrogen-bond donors (Lipinski definition) is 0. The molecule has 0 nitrogen and oxygen atoms in total. The molecule has 14 heavy (non-hydrogen) atoms. The molecule has 0 aromatic rings. The van der Waals surface area contributed by atoms with Gasteiger partial charge < -0.3 is 0 Å². The lowest BCUT2D eigenvalue weighted by molar-refractivity contribution is 0.251. The van der Waals surface area contributed by atoms with E-state index in [9.17, 15) is 0 Å². The summed E-state index contributed by atoms with van der Waals surface area (Å²) in [5.41, 5.74) is 0. The quantitative estimate of drug-likeness (QED) is 0.470. The first-order valence-corrected chi connectivity index (χ1v) is 7.34. The van der Waals surface area contributed by atoms with E-state index >= 15 is 0 Å². The van der Waals surface area contributed by atoms with E-state index in [-0.39, 0.29) is 0 Å². The summed E-state index contributed by atoms with van der Waals surface area (Å²) < 4.78 is 0. The van der Waals surface area contributed by atoms with E-state index in [1.807, 2.05) is 0 Å². The van der Waals surface area contributed by atoms with Crippen molar-refractivity contribution in [3.8, 4) is 0 Å². The molecular weight excluding hydrogens is 236 g/mol. The van der Waals surface area contributed by atoms with Gasteiger partial charge in [-0.3, -0.25) is 0 Å². The lowest BCUT2D eigenvalue weighted by atomic mass is 9.80. The molecule has 0 saturated heterocycles. The summed E-state index contributed by atoms with van der Waals surface area (Å²) in [6, 6.07) is 0. The maximum atomic E-state index is 3.83. The van der Waals surface area contributed by atoms with Crippen molar-refractivity contribution in [2.45, 2.75) is 63.1 Å². The molecule has 2 fully saturated rings. The molecular formula is C13H23Br. The van der Waals surface area contributed by atoms with Crippen molar-refractivity contribution < 1.29 is 0 Å². The van der Waals surface area contributed by atoms with Gasteiger partial charge in [-0.25, -0.2) is 0 Å². The Morgan fingerprint density at radius 1 is 0.857 bits per heavy atom. The van der Waals surface area contributed by atoms with Gasteiger partial charge in [0.1, 0.15) is 0 Å². The summed E-state index contributed by atoms with van der Waals surface area (Å²) in [5.74, 6) is 3.03. The van der Waals surface area contributed by atoms with Crippen LogP contribution in [-0.2, 0) is 0 Å². The van der Waals surface area contributed by atoms with Gasteiger partial charge in [-0.15, -0.1) is 0 Å². The maximum absolute atomic E-state index is 3.83. The molecule has 2 aliphatic rings. The minimum Gasteiger partial charge on any atom is -0.0888 e. The van der Waals surface area contributed by atoms with Gasteiger partial charge in [0.05, 0.1) is 0 Å². The van der Waals surface area contributed by atoms with Gasteiger partial charge in [-0.1, -0.05) is 61.4 Å². The molecule has 0 aromatic heterocycles. The fraction of sp³-hybridized carbons (Fsp3) is 1.00. The van der Waals surface area contributed by atoms with E-state index in [4.69, 9.17) is 0 Å². The van der Waals surface area contributed by atoms with Crippen LogP contribution in [0.2, 0.25) is 0 Å². The van der Waals surface area contributed by atoms with Crippen molar-refractivity contribution in [1.82, 2.24) is 0 Å². The third-order valence-corrected chi connectivity index (χ3v) is 5.82. The molecule has 2 saturated carbocycles. The molecule has 82 valence electrons. The fourth-order valence-corrected chi connectivity index (χ4v) is 4.21. The van der Waals surface area contributed by atoms with E-state index in [1.165, 1.54) is 51.4 Å². The van der Waals surface area contributed by atoms with Gasteiger partial charge in [0.25, 0.3) is 0 Å². The van der Waals surface area contributed by atoms with Gasteiger partial charge in [-0.2, -0.15) is 0 Å². The largest absolute Gasteiger partial charge is 0.0888 e. The Morgan fingerprint density at radius 2 is 1.50 bits per heavy atom. The van der Waals surface area contributed by atoms with Crippen molar-refractivity contribution in [1.29, 1.82) is 0 Å². The first-order valence-electron chi connectivity index (χ1n) is 6.43. The second-order valence-electron chi connectivity index (χ2n) is 5.37. The number of halogens is 1. The highest BCUT2D eigenvalue weighted by molar-refractivity contribution is 9.09. The Labute approximate surface area is 97.0 Å². The van der Waals surface area contributed by atoms with Crippen LogP contribution in [0.25, 0.3) is 0 Å². The number of rotatable bonds is 1. The molecule has 0 aromatic carbocycles. The van der Waals surface area contributed by atoms with Crippen LogP contribution >= 0.6 is 15.9 Å². The van der Waals surface area contributed by atoms with Crippen LogP contribution in [0.5, 0.6) is 0 Å². The zero-order valence-electron chi connectivity index (χ0n) is 9.34. The molecule has 0 radical (unpaired) electrons. The zero-order chi connectivity index (χ0) is 9.97. The SMILES string of the molecule is CC1C(Br)CCC1C1CCCCCC1. The predicted octanol–water partition coefficient (Wildman–Crippen LogP) is 4.77. The van der Waals surface area contributed by atoms with Gasteiger partial charge in [0.2, 0.25) is 0 Å². The van der Waals surface area contributed by atoms with Crippen LogP contribution in [0.3, 0.4) is 0 Å². The normalized spacial score (nSPS) is 41.1. The molecule has 0 aliphatic heterocycles. The third kappa shape index (κ3) is 2.35. The van der Waals surface area contributed by atoms with Gasteiger partial charge in [0.15, 0.2) is 0 Å². The van der Waals surface area contributed by atoms with E-state index < -0.39 is 0 Å². The highest BCUT2D eigenvalue weighted by atomic mass is 79.9. The van der Waals surface area contributed by atoms with Crippen LogP contribution in [-0.4, -0.2) is 4.83 Å². The van der Waals surface area contributed by atoms with Gasteiger partial charge >= 0.3 is 0 Å². The first-order chi connectivity index (χ1) is 6.79. The lowest BCUT2D eigenvalue weighted by Crippen LogP contribution is -2.19. The summed E-state index contributed by atoms with van der Waals surface area (Å²) in [6.45, 7) is 2.46. The minimum absolute atomic E-state index is 0.816. The summed E-state index contributed by atoms with van der Waals surface area (Å²) >= 11 is 3.83. The first kappa shape index (κ1) is 11.0. The second-order valence-corrected chi connectivity index (χ2v) is 6.54. The molecule has 0 heterocycles. The Balaban J connectivity index is 1.92. The maximum Gasteiger partial charge on any atom is 0.0174 e. The average molecular weight is 259 g/mol. The molecule has 0 spiro atoms. The van der Waals surface area contributed by atoms with E-state index in [0.717, 1.165) is 22.6 Å². The van der Waals surface area contributed by atoms with Crippen LogP contribution in [0.15, 0.2) is 0 Å². The molecule has 2 rings (SSSR count). The average Bonchev–Trinajstić information content (AvgIpc) is 2.47. The summed E-state index contributed by atoms with van der Waals surface area (Å²) in [6.07, 6.45) is 11.9. The Kier molecular flexibility index (Phi) is 3.93. The summed E-state index contributed by atoms with van der Waals surface area (Å²) in [7, 11) is 0. The second kappa shape index (κ2) is 5.01. The van der Waals surface area contributed by atoms with Crippen LogP contribution in [0.4, 0.5) is 0 Å². The highest BCUT2D eigenvalue weighted by Gasteiger charge is 2.35. The fourth-order valence-electron chi connectivity index (χ4n) is 3.55. The molecule has 0 amide bonds. The zero-order valence-corrected chi connectivity index (χ0v) is 10.9. The number of alkyl halides is 1. The van der Waals surface area contributed by atoms with Crippen molar-refractivity contribution in [3.05, 3.63) is 0 Å². The highest BCUT2D eigenvalue weighted by Crippen LogP contribution is 2.44. The molecule has 0 bridgehead atoms. The van der Waals surface area contributed by atoms with E-state index in [0.29, 0.717) is 0 Å². The third-order valence-electron chi connectivity index (χ3n) is 4.53. The van der Waals surface area contributed by atoms with E-state index in [1.54, 1.807) is 0 Å². The van der Waals surface area contributed by atoms with Crippen molar-refractivity contribution in [3.63, 3.8) is 0 Å². The molecule has 0 N–H and O–H groups in total. The molecule has 1 heteroatoms. The molecule has 2 aliphatic carbocycles. The smallest absolute Gasteiger partial charge is 0.0174 e. The van der Waals surface area contributed by atoms with Gasteiger partial charge in [-0.05, 0) is 30.6 Å². The number of hydrogen-bond acceptors (Lipinski definition) is 0. The van der Waals surface area contributed by atoms with Crippen molar-refractivity contribution in [2.75, 3.05) is 0 Å². The monoisotopic (exact) mass is 258 g/mol. The Hall–Kier alpha value is 0.480. The predicted molar refractivity (Wildman–Crippen MR) is 65.8 cm³/mol. The lowest BCUT2D eigenvalue weighted by Gasteiger charge is -2.26. The minimum atomic E-state index is 0.816. The summed E-state index contributed by atoms with van der Waals surface area (Å²) in [5, 5.41) is 0. The molecule has 3 atom stereocenters. The topological polar surface area (TPSA) is 0 Å². The summed E-state index contributed by atoms with van der Waals surface area (Å²) in [4.78, 5) is 0.816. The Bertz CT molecular complexity index is 170. The van der Waals surface area contributed by atoms with Crippen LogP contribution < -0.4 is 0 Å². The van der Waals surface area contributed by atoms with Crippen LogP contribution in [0, 0.1) is 17.8 Å². The van der Waals surface area contributed by atoms with Crippen LogP contribution in [0.1, 0.15) is 58.3 Å². The van der Waals surface area contributed by atoms with Gasteiger partial charge in [0, 0.05) is 4.83 Å². The van der Waals surface area contributed by atoms with Crippen molar-refractivity contribution in [2.24, 2.45) is 17.8 Å². The standard InChI is InChI=1S/C13H23Br/c1-10-12(8-9-13(10)14)11-6-4-2-3-5-7-11/h10-13H,2-9H2,1H3.